The SMILES string of the molecule is CCc1nc2c(C)cc(C)nc2n1Cc1ccc2[nH]c(C(=O)NCCCN(C)C)cc2c1. The van der Waals surface area contributed by atoms with Gasteiger partial charge in [0.15, 0.2) is 5.65 Å². The third-order valence-corrected chi connectivity index (χ3v) is 5.76. The van der Waals surface area contributed by atoms with E-state index in [9.17, 15) is 4.79 Å². The van der Waals surface area contributed by atoms with E-state index in [2.05, 4.69) is 51.8 Å². The van der Waals surface area contributed by atoms with Crippen molar-refractivity contribution in [3.63, 3.8) is 0 Å². The second-order valence-corrected chi connectivity index (χ2v) is 8.74. The van der Waals surface area contributed by atoms with E-state index in [0.29, 0.717) is 18.8 Å². The Kier molecular flexibility index (Phi) is 6.28. The normalized spacial score (nSPS) is 11.7. The van der Waals surface area contributed by atoms with Crippen LogP contribution in [0.1, 0.15) is 46.5 Å². The summed E-state index contributed by atoms with van der Waals surface area (Å²) in [5.74, 6) is 0.971. The van der Waals surface area contributed by atoms with E-state index in [4.69, 9.17) is 9.97 Å². The van der Waals surface area contributed by atoms with Gasteiger partial charge >= 0.3 is 0 Å². The molecule has 0 spiro atoms. The summed E-state index contributed by atoms with van der Waals surface area (Å²) in [6.45, 7) is 8.55. The Labute approximate surface area is 188 Å². The van der Waals surface area contributed by atoms with Gasteiger partial charge in [0.25, 0.3) is 5.91 Å². The zero-order chi connectivity index (χ0) is 22.8. The molecule has 0 fully saturated rings. The van der Waals surface area contributed by atoms with Crippen molar-refractivity contribution in [3.8, 4) is 0 Å². The first kappa shape index (κ1) is 22.0. The minimum Gasteiger partial charge on any atom is -0.351 e. The summed E-state index contributed by atoms with van der Waals surface area (Å²) in [6.07, 6.45) is 1.77. The van der Waals surface area contributed by atoms with Gasteiger partial charge in [-0.2, -0.15) is 0 Å². The van der Waals surface area contributed by atoms with E-state index in [1.54, 1.807) is 0 Å². The molecule has 3 heterocycles. The maximum absolute atomic E-state index is 12.5. The summed E-state index contributed by atoms with van der Waals surface area (Å²) in [4.78, 5) is 27.5. The molecular weight excluding hydrogens is 400 g/mol. The average Bonchev–Trinajstić information content (AvgIpc) is 3.32. The maximum Gasteiger partial charge on any atom is 0.267 e. The lowest BCUT2D eigenvalue weighted by Crippen LogP contribution is -2.27. The summed E-state index contributed by atoms with van der Waals surface area (Å²) in [5.41, 5.74) is 6.78. The van der Waals surface area contributed by atoms with Crippen molar-refractivity contribution in [2.45, 2.75) is 40.2 Å². The van der Waals surface area contributed by atoms with Crippen LogP contribution in [0.5, 0.6) is 0 Å². The van der Waals surface area contributed by atoms with Crippen LogP contribution in [0.25, 0.3) is 22.1 Å². The Hall–Kier alpha value is -3.19. The molecule has 1 amide bonds. The lowest BCUT2D eigenvalue weighted by molar-refractivity contribution is 0.0948. The molecule has 32 heavy (non-hydrogen) atoms. The van der Waals surface area contributed by atoms with Crippen LogP contribution in [0.3, 0.4) is 0 Å². The van der Waals surface area contributed by atoms with Gasteiger partial charge in [0.1, 0.15) is 17.0 Å². The number of aromatic amines is 1. The Balaban J connectivity index is 1.57. The third-order valence-electron chi connectivity index (χ3n) is 5.76. The summed E-state index contributed by atoms with van der Waals surface area (Å²) in [7, 11) is 4.07. The second-order valence-electron chi connectivity index (χ2n) is 8.74. The van der Waals surface area contributed by atoms with Crippen molar-refractivity contribution >= 4 is 28.0 Å². The number of nitrogens with one attached hydrogen (secondary N) is 2. The largest absolute Gasteiger partial charge is 0.351 e. The summed E-state index contributed by atoms with van der Waals surface area (Å²) in [5, 5.41) is 4.03. The number of benzene rings is 1. The molecule has 7 nitrogen and oxygen atoms in total. The highest BCUT2D eigenvalue weighted by Crippen LogP contribution is 2.23. The Morgan fingerprint density at radius 1 is 1.16 bits per heavy atom. The number of aromatic nitrogens is 4. The maximum atomic E-state index is 12.5. The second kappa shape index (κ2) is 9.12. The Morgan fingerprint density at radius 2 is 1.97 bits per heavy atom. The molecule has 0 aliphatic rings. The predicted octanol–water partition coefficient (Wildman–Crippen LogP) is 3.82. The number of aryl methyl sites for hydroxylation is 3. The van der Waals surface area contributed by atoms with Crippen molar-refractivity contribution in [2.75, 3.05) is 27.2 Å². The predicted molar refractivity (Wildman–Crippen MR) is 129 cm³/mol. The highest BCUT2D eigenvalue weighted by atomic mass is 16.1. The highest BCUT2D eigenvalue weighted by Gasteiger charge is 2.15. The molecule has 0 saturated heterocycles. The van der Waals surface area contributed by atoms with E-state index in [0.717, 1.165) is 64.1 Å². The van der Waals surface area contributed by atoms with E-state index < -0.39 is 0 Å². The molecule has 3 aromatic heterocycles. The smallest absolute Gasteiger partial charge is 0.267 e. The lowest BCUT2D eigenvalue weighted by atomic mass is 10.1. The summed E-state index contributed by atoms with van der Waals surface area (Å²) in [6, 6.07) is 10.3. The molecule has 4 aromatic rings. The molecule has 2 N–H and O–H groups in total. The first-order valence-electron chi connectivity index (χ1n) is 11.2. The van der Waals surface area contributed by atoms with Gasteiger partial charge in [-0.1, -0.05) is 13.0 Å². The van der Waals surface area contributed by atoms with Gasteiger partial charge in [0, 0.05) is 29.6 Å². The summed E-state index contributed by atoms with van der Waals surface area (Å²) < 4.78 is 2.21. The molecule has 7 heteroatoms. The Bertz CT molecular complexity index is 1270. The molecule has 0 radical (unpaired) electrons. The number of fused-ring (bicyclic) bond motifs is 2. The van der Waals surface area contributed by atoms with Gasteiger partial charge < -0.3 is 19.8 Å². The minimum atomic E-state index is -0.0643. The first-order valence-corrected chi connectivity index (χ1v) is 11.2. The van der Waals surface area contributed by atoms with Gasteiger partial charge in [-0.05, 0) is 76.3 Å². The van der Waals surface area contributed by atoms with Crippen molar-refractivity contribution in [3.05, 3.63) is 58.7 Å². The van der Waals surface area contributed by atoms with Crippen molar-refractivity contribution in [1.82, 2.24) is 29.7 Å². The molecule has 0 atom stereocenters. The summed E-state index contributed by atoms with van der Waals surface area (Å²) >= 11 is 0. The molecule has 0 bridgehead atoms. The number of rotatable bonds is 8. The number of nitrogens with zero attached hydrogens (tertiary/aromatic N) is 4. The minimum absolute atomic E-state index is 0.0643. The van der Waals surface area contributed by atoms with Crippen LogP contribution >= 0.6 is 0 Å². The topological polar surface area (TPSA) is 78.8 Å². The number of carbonyl (C=O) groups excluding carboxylic acids is 1. The molecule has 168 valence electrons. The van der Waals surface area contributed by atoms with Gasteiger partial charge in [-0.3, -0.25) is 4.79 Å². The van der Waals surface area contributed by atoms with Gasteiger partial charge in [0.2, 0.25) is 0 Å². The van der Waals surface area contributed by atoms with E-state index in [1.165, 1.54) is 0 Å². The molecular formula is C25H32N6O. The molecule has 0 aliphatic heterocycles. The molecule has 1 aromatic carbocycles. The van der Waals surface area contributed by atoms with Crippen LogP contribution in [0.4, 0.5) is 0 Å². The van der Waals surface area contributed by atoms with Crippen LogP contribution in [0, 0.1) is 13.8 Å². The fourth-order valence-corrected chi connectivity index (χ4v) is 4.16. The fraction of sp³-hybridized carbons (Fsp3) is 0.400. The van der Waals surface area contributed by atoms with Crippen LogP contribution < -0.4 is 5.32 Å². The van der Waals surface area contributed by atoms with Crippen molar-refractivity contribution < 1.29 is 4.79 Å². The molecule has 0 aliphatic carbocycles. The van der Waals surface area contributed by atoms with Crippen LogP contribution in [0.15, 0.2) is 30.3 Å². The molecule has 4 rings (SSSR count). The number of pyridine rings is 1. The van der Waals surface area contributed by atoms with Gasteiger partial charge in [-0.15, -0.1) is 0 Å². The van der Waals surface area contributed by atoms with E-state index in [-0.39, 0.29) is 5.91 Å². The van der Waals surface area contributed by atoms with Crippen molar-refractivity contribution in [1.29, 1.82) is 0 Å². The number of amides is 1. The highest BCUT2D eigenvalue weighted by molar-refractivity contribution is 5.98. The van der Waals surface area contributed by atoms with Crippen LogP contribution in [0.2, 0.25) is 0 Å². The van der Waals surface area contributed by atoms with Gasteiger partial charge in [-0.25, -0.2) is 9.97 Å². The van der Waals surface area contributed by atoms with Crippen LogP contribution in [-0.4, -0.2) is 57.5 Å². The van der Waals surface area contributed by atoms with Gasteiger partial charge in [0.05, 0.1) is 6.54 Å². The van der Waals surface area contributed by atoms with Crippen molar-refractivity contribution in [2.24, 2.45) is 0 Å². The first-order chi connectivity index (χ1) is 15.4. The number of H-pyrrole nitrogens is 1. The third kappa shape index (κ3) is 4.53. The zero-order valence-corrected chi connectivity index (χ0v) is 19.6. The zero-order valence-electron chi connectivity index (χ0n) is 19.6. The monoisotopic (exact) mass is 432 g/mol. The van der Waals surface area contributed by atoms with Crippen LogP contribution in [-0.2, 0) is 13.0 Å². The lowest BCUT2D eigenvalue weighted by Gasteiger charge is -2.09. The number of carbonyl (C=O) groups is 1. The number of hydrogen-bond acceptors (Lipinski definition) is 4. The Morgan fingerprint density at radius 3 is 2.72 bits per heavy atom. The van der Waals surface area contributed by atoms with E-state index >= 15 is 0 Å². The molecule has 0 saturated carbocycles. The number of imidazole rings is 1. The standard InChI is InChI=1S/C25H32N6O/c1-6-22-29-23-16(2)12-17(3)27-24(23)31(22)15-18-8-9-20-19(13-18)14-21(28-20)25(32)26-10-7-11-30(4)5/h8-9,12-14,28H,6-7,10-11,15H2,1-5H3,(H,26,32). The molecule has 0 unspecified atom stereocenters. The van der Waals surface area contributed by atoms with E-state index in [1.807, 2.05) is 33.2 Å². The fourth-order valence-electron chi connectivity index (χ4n) is 4.16. The average molecular weight is 433 g/mol. The number of hydrogen-bond donors (Lipinski definition) is 2. The quantitative estimate of drug-likeness (QED) is 0.415.